The smallest absolute Gasteiger partial charge is 0.169 e. The van der Waals surface area contributed by atoms with Crippen molar-refractivity contribution in [2.24, 2.45) is 0 Å². The van der Waals surface area contributed by atoms with Crippen molar-refractivity contribution in [3.63, 3.8) is 0 Å². The van der Waals surface area contributed by atoms with Crippen LogP contribution in [0.3, 0.4) is 0 Å². The van der Waals surface area contributed by atoms with Gasteiger partial charge in [0.25, 0.3) is 0 Å². The molecule has 0 aliphatic carbocycles. The first-order valence-corrected chi connectivity index (χ1v) is 5.83. The van der Waals surface area contributed by atoms with Gasteiger partial charge in [0.2, 0.25) is 0 Å². The summed E-state index contributed by atoms with van der Waals surface area (Å²) in [5.74, 6) is 2.06. The number of pyridine rings is 1. The van der Waals surface area contributed by atoms with Crippen molar-refractivity contribution < 1.29 is 9.47 Å². The van der Waals surface area contributed by atoms with Gasteiger partial charge in [-0.05, 0) is 19.1 Å². The molecule has 1 N–H and O–H groups in total. The summed E-state index contributed by atoms with van der Waals surface area (Å²) >= 11 is 0. The number of hydrogen-bond acceptors (Lipinski definition) is 4. The van der Waals surface area contributed by atoms with Gasteiger partial charge in [0.1, 0.15) is 5.75 Å². The number of rotatable bonds is 5. The van der Waals surface area contributed by atoms with E-state index < -0.39 is 0 Å². The van der Waals surface area contributed by atoms with E-state index in [1.54, 1.807) is 19.5 Å². The third kappa shape index (κ3) is 2.91. The number of nitrogens with zero attached hydrogens (tertiary/aromatic N) is 1. The Kier molecular flexibility index (Phi) is 4.02. The van der Waals surface area contributed by atoms with Crippen molar-refractivity contribution in [2.45, 2.75) is 6.92 Å². The molecule has 0 atom stereocenters. The summed E-state index contributed by atoms with van der Waals surface area (Å²) in [7, 11) is 1.62. The first-order chi connectivity index (χ1) is 8.83. The molecule has 0 amide bonds. The van der Waals surface area contributed by atoms with E-state index in [4.69, 9.17) is 9.47 Å². The SMILES string of the molecule is CCNc1cncc(Oc2ccccc2OC)c1. The van der Waals surface area contributed by atoms with E-state index in [-0.39, 0.29) is 0 Å². The summed E-state index contributed by atoms with van der Waals surface area (Å²) in [4.78, 5) is 4.13. The molecule has 0 fully saturated rings. The molecule has 4 heteroatoms. The Morgan fingerprint density at radius 3 is 2.67 bits per heavy atom. The molecule has 94 valence electrons. The zero-order chi connectivity index (χ0) is 12.8. The van der Waals surface area contributed by atoms with Gasteiger partial charge in [-0.2, -0.15) is 0 Å². The van der Waals surface area contributed by atoms with Crippen LogP contribution in [0.15, 0.2) is 42.7 Å². The van der Waals surface area contributed by atoms with E-state index in [1.165, 1.54) is 0 Å². The van der Waals surface area contributed by atoms with Crippen molar-refractivity contribution in [1.82, 2.24) is 4.98 Å². The molecule has 0 spiro atoms. The van der Waals surface area contributed by atoms with Gasteiger partial charge in [-0.25, -0.2) is 0 Å². The number of benzene rings is 1. The average Bonchev–Trinajstić information content (AvgIpc) is 2.40. The quantitative estimate of drug-likeness (QED) is 0.876. The van der Waals surface area contributed by atoms with Gasteiger partial charge in [0.15, 0.2) is 11.5 Å². The third-order valence-electron chi connectivity index (χ3n) is 2.39. The zero-order valence-corrected chi connectivity index (χ0v) is 10.5. The molecule has 0 aliphatic heterocycles. The third-order valence-corrected chi connectivity index (χ3v) is 2.39. The van der Waals surface area contributed by atoms with Gasteiger partial charge in [-0.15, -0.1) is 0 Å². The maximum absolute atomic E-state index is 5.76. The summed E-state index contributed by atoms with van der Waals surface area (Å²) < 4.78 is 11.0. The maximum atomic E-state index is 5.76. The second-order valence-electron chi connectivity index (χ2n) is 3.69. The molecular formula is C14H16N2O2. The van der Waals surface area contributed by atoms with Crippen LogP contribution in [0.4, 0.5) is 5.69 Å². The van der Waals surface area contributed by atoms with E-state index >= 15 is 0 Å². The Bertz CT molecular complexity index is 515. The van der Waals surface area contributed by atoms with Crippen LogP contribution in [-0.4, -0.2) is 18.6 Å². The molecule has 18 heavy (non-hydrogen) atoms. The van der Waals surface area contributed by atoms with Crippen molar-refractivity contribution in [3.05, 3.63) is 42.7 Å². The Balaban J connectivity index is 2.20. The van der Waals surface area contributed by atoms with Crippen LogP contribution in [0.1, 0.15) is 6.92 Å². The first kappa shape index (κ1) is 12.2. The topological polar surface area (TPSA) is 43.4 Å². The summed E-state index contributed by atoms with van der Waals surface area (Å²) in [6, 6.07) is 9.43. The van der Waals surface area contributed by atoms with Crippen LogP contribution >= 0.6 is 0 Å². The maximum Gasteiger partial charge on any atom is 0.169 e. The lowest BCUT2D eigenvalue weighted by Gasteiger charge is -2.10. The van der Waals surface area contributed by atoms with E-state index in [0.29, 0.717) is 17.2 Å². The predicted octanol–water partition coefficient (Wildman–Crippen LogP) is 3.31. The number of hydrogen-bond donors (Lipinski definition) is 1. The average molecular weight is 244 g/mol. The molecule has 0 unspecified atom stereocenters. The zero-order valence-electron chi connectivity index (χ0n) is 10.5. The second-order valence-corrected chi connectivity index (χ2v) is 3.69. The van der Waals surface area contributed by atoms with Gasteiger partial charge >= 0.3 is 0 Å². The van der Waals surface area contributed by atoms with Crippen LogP contribution in [0.2, 0.25) is 0 Å². The summed E-state index contributed by atoms with van der Waals surface area (Å²) in [6.07, 6.45) is 3.44. The molecule has 2 aromatic rings. The lowest BCUT2D eigenvalue weighted by Crippen LogP contribution is -1.97. The van der Waals surface area contributed by atoms with E-state index in [0.717, 1.165) is 12.2 Å². The summed E-state index contributed by atoms with van der Waals surface area (Å²) in [5.41, 5.74) is 0.935. The molecule has 0 bridgehead atoms. The van der Waals surface area contributed by atoms with E-state index in [9.17, 15) is 0 Å². The van der Waals surface area contributed by atoms with Gasteiger partial charge < -0.3 is 14.8 Å². The number of nitrogens with one attached hydrogen (secondary N) is 1. The Hall–Kier alpha value is -2.23. The van der Waals surface area contributed by atoms with Crippen LogP contribution in [0.25, 0.3) is 0 Å². The molecule has 4 nitrogen and oxygen atoms in total. The monoisotopic (exact) mass is 244 g/mol. The standard InChI is InChI=1S/C14H16N2O2/c1-3-16-11-8-12(10-15-9-11)18-14-7-5-4-6-13(14)17-2/h4-10,16H,3H2,1-2H3. The van der Waals surface area contributed by atoms with Gasteiger partial charge in [-0.3, -0.25) is 4.98 Å². The summed E-state index contributed by atoms with van der Waals surface area (Å²) in [6.45, 7) is 2.88. The lowest BCUT2D eigenvalue weighted by atomic mass is 10.3. The Morgan fingerprint density at radius 2 is 1.94 bits per heavy atom. The van der Waals surface area contributed by atoms with Crippen molar-refractivity contribution in [3.8, 4) is 17.2 Å². The lowest BCUT2D eigenvalue weighted by molar-refractivity contribution is 0.378. The fraction of sp³-hybridized carbons (Fsp3) is 0.214. The predicted molar refractivity (Wildman–Crippen MR) is 71.5 cm³/mol. The van der Waals surface area contributed by atoms with Crippen molar-refractivity contribution >= 4 is 5.69 Å². The van der Waals surface area contributed by atoms with Crippen LogP contribution < -0.4 is 14.8 Å². The Morgan fingerprint density at radius 1 is 1.17 bits per heavy atom. The number of para-hydroxylation sites is 2. The second kappa shape index (κ2) is 5.91. The van der Waals surface area contributed by atoms with Crippen LogP contribution in [0.5, 0.6) is 17.2 Å². The highest BCUT2D eigenvalue weighted by Gasteiger charge is 2.04. The highest BCUT2D eigenvalue weighted by Crippen LogP contribution is 2.31. The molecule has 1 aromatic heterocycles. The first-order valence-electron chi connectivity index (χ1n) is 5.83. The van der Waals surface area contributed by atoms with Gasteiger partial charge in [0.05, 0.1) is 25.2 Å². The molecule has 0 radical (unpaired) electrons. The van der Waals surface area contributed by atoms with Crippen molar-refractivity contribution in [2.75, 3.05) is 19.0 Å². The highest BCUT2D eigenvalue weighted by molar-refractivity contribution is 5.48. The Labute approximate surface area is 107 Å². The molecule has 0 saturated heterocycles. The largest absolute Gasteiger partial charge is 0.493 e. The number of anilines is 1. The number of ether oxygens (including phenoxy) is 2. The fourth-order valence-electron chi connectivity index (χ4n) is 1.61. The minimum Gasteiger partial charge on any atom is -0.493 e. The molecule has 0 saturated carbocycles. The van der Waals surface area contributed by atoms with Crippen LogP contribution in [-0.2, 0) is 0 Å². The minimum atomic E-state index is 0.676. The molecular weight excluding hydrogens is 228 g/mol. The van der Waals surface area contributed by atoms with E-state index in [1.807, 2.05) is 37.3 Å². The van der Waals surface area contributed by atoms with Crippen molar-refractivity contribution in [1.29, 1.82) is 0 Å². The minimum absolute atomic E-state index is 0.676. The van der Waals surface area contributed by atoms with Crippen LogP contribution in [0, 0.1) is 0 Å². The molecule has 1 heterocycles. The van der Waals surface area contributed by atoms with Gasteiger partial charge in [0, 0.05) is 12.6 Å². The van der Waals surface area contributed by atoms with Gasteiger partial charge in [-0.1, -0.05) is 12.1 Å². The van der Waals surface area contributed by atoms with E-state index in [2.05, 4.69) is 10.3 Å². The highest BCUT2D eigenvalue weighted by atomic mass is 16.5. The fourth-order valence-corrected chi connectivity index (χ4v) is 1.61. The molecule has 2 rings (SSSR count). The summed E-state index contributed by atoms with van der Waals surface area (Å²) in [5, 5.41) is 3.19. The number of methoxy groups -OCH3 is 1. The molecule has 0 aliphatic rings. The normalized spacial score (nSPS) is 9.89. The molecule has 1 aromatic carbocycles. The number of aromatic nitrogens is 1.